The molecule has 3 nitrogen and oxygen atoms in total. The Morgan fingerprint density at radius 2 is 2.12 bits per heavy atom. The summed E-state index contributed by atoms with van der Waals surface area (Å²) in [5.41, 5.74) is 7.28. The van der Waals surface area contributed by atoms with Crippen LogP contribution in [0.15, 0.2) is 33.5 Å². The van der Waals surface area contributed by atoms with E-state index in [1.807, 2.05) is 6.07 Å². The fraction of sp³-hybridized carbons (Fsp3) is 0.357. The molecule has 3 heteroatoms. The van der Waals surface area contributed by atoms with Crippen LogP contribution in [0.3, 0.4) is 0 Å². The molecule has 0 aromatic carbocycles. The maximum Gasteiger partial charge on any atom is 0.190 e. The average molecular weight is 229 g/mol. The Morgan fingerprint density at radius 1 is 1.29 bits per heavy atom. The molecule has 0 aromatic heterocycles. The van der Waals surface area contributed by atoms with E-state index >= 15 is 0 Å². The van der Waals surface area contributed by atoms with E-state index in [2.05, 4.69) is 0 Å². The van der Waals surface area contributed by atoms with Crippen LogP contribution in [0.5, 0.6) is 0 Å². The second-order valence-corrected chi connectivity index (χ2v) is 4.83. The first-order valence-corrected chi connectivity index (χ1v) is 6.04. The Kier molecular flexibility index (Phi) is 2.39. The monoisotopic (exact) mass is 229 g/mol. The average Bonchev–Trinajstić information content (AvgIpc) is 3.09. The summed E-state index contributed by atoms with van der Waals surface area (Å²) < 4.78 is 5.38. The van der Waals surface area contributed by atoms with E-state index < -0.39 is 0 Å². The molecule has 0 radical (unpaired) electrons. The number of hydrogen-bond donors (Lipinski definition) is 1. The van der Waals surface area contributed by atoms with E-state index in [0.29, 0.717) is 17.2 Å². The number of benzene rings is 1. The van der Waals surface area contributed by atoms with Gasteiger partial charge in [-0.2, -0.15) is 0 Å². The van der Waals surface area contributed by atoms with Gasteiger partial charge in [-0.1, -0.05) is 12.8 Å². The number of aryl methyl sites for hydroxylation is 1. The van der Waals surface area contributed by atoms with Gasteiger partial charge in [0.15, 0.2) is 11.3 Å². The van der Waals surface area contributed by atoms with Crippen molar-refractivity contribution in [3.8, 4) is 11.3 Å². The normalized spacial score (nSPS) is 15.3. The fourth-order valence-electron chi connectivity index (χ4n) is 2.15. The maximum atomic E-state index is 11.9. The summed E-state index contributed by atoms with van der Waals surface area (Å²) in [5.74, 6) is 1.82. The third kappa shape index (κ3) is 2.18. The summed E-state index contributed by atoms with van der Waals surface area (Å²) in [6.07, 6.45) is 4.82. The lowest BCUT2D eigenvalue weighted by Crippen LogP contribution is -2.07. The highest BCUT2D eigenvalue weighted by atomic mass is 16.3. The molecule has 0 atom stereocenters. The molecule has 3 rings (SSSR count). The first-order valence-electron chi connectivity index (χ1n) is 6.04. The van der Waals surface area contributed by atoms with Gasteiger partial charge in [-0.3, -0.25) is 4.79 Å². The van der Waals surface area contributed by atoms with E-state index in [-0.39, 0.29) is 5.43 Å². The number of nitrogens with two attached hydrogens (primary N) is 1. The van der Waals surface area contributed by atoms with Gasteiger partial charge in [0.1, 0.15) is 5.76 Å². The molecule has 1 heterocycles. The minimum atomic E-state index is 0.0250. The Morgan fingerprint density at radius 3 is 2.88 bits per heavy atom. The zero-order valence-electron chi connectivity index (χ0n) is 9.61. The van der Waals surface area contributed by atoms with Gasteiger partial charge in [0.25, 0.3) is 0 Å². The smallest absolute Gasteiger partial charge is 0.190 e. The molecule has 0 aromatic rings. The van der Waals surface area contributed by atoms with E-state index in [9.17, 15) is 4.79 Å². The molecule has 0 saturated heterocycles. The Labute approximate surface area is 99.6 Å². The van der Waals surface area contributed by atoms with Crippen LogP contribution in [0, 0.1) is 5.92 Å². The number of fused-ring (bicyclic) bond motifs is 1. The second-order valence-electron chi connectivity index (χ2n) is 4.83. The van der Waals surface area contributed by atoms with Crippen molar-refractivity contribution in [3.63, 3.8) is 0 Å². The minimum absolute atomic E-state index is 0.0250. The Balaban J connectivity index is 1.96. The van der Waals surface area contributed by atoms with Gasteiger partial charge in [-0.15, -0.1) is 0 Å². The summed E-state index contributed by atoms with van der Waals surface area (Å²) in [6.45, 7) is 0. The van der Waals surface area contributed by atoms with Gasteiger partial charge < -0.3 is 10.2 Å². The molecule has 3 aliphatic rings. The zero-order valence-corrected chi connectivity index (χ0v) is 9.61. The first-order chi connectivity index (χ1) is 8.22. The van der Waals surface area contributed by atoms with Gasteiger partial charge in [0, 0.05) is 0 Å². The zero-order chi connectivity index (χ0) is 11.8. The maximum absolute atomic E-state index is 11.9. The van der Waals surface area contributed by atoms with E-state index in [1.54, 1.807) is 18.2 Å². The Bertz CT molecular complexity index is 569. The summed E-state index contributed by atoms with van der Waals surface area (Å²) in [4.78, 5) is 11.9. The van der Waals surface area contributed by atoms with Crippen molar-refractivity contribution in [3.05, 3.63) is 40.1 Å². The largest absolute Gasteiger partial charge is 0.441 e. The molecule has 2 aliphatic carbocycles. The molecule has 0 spiro atoms. The molecule has 0 bridgehead atoms. The molecule has 2 N–H and O–H groups in total. The highest BCUT2D eigenvalue weighted by Crippen LogP contribution is 2.33. The predicted molar refractivity (Wildman–Crippen MR) is 67.1 cm³/mol. The van der Waals surface area contributed by atoms with Crippen LogP contribution in [0.4, 0.5) is 5.88 Å². The van der Waals surface area contributed by atoms with Crippen LogP contribution in [-0.2, 0) is 6.42 Å². The van der Waals surface area contributed by atoms with E-state index in [0.717, 1.165) is 17.9 Å². The second kappa shape index (κ2) is 3.91. The summed E-state index contributed by atoms with van der Waals surface area (Å²) >= 11 is 0. The minimum Gasteiger partial charge on any atom is -0.441 e. The summed E-state index contributed by atoms with van der Waals surface area (Å²) in [5, 5.41) is 0. The molecular weight excluding hydrogens is 214 g/mol. The van der Waals surface area contributed by atoms with E-state index in [1.165, 1.54) is 19.3 Å². The van der Waals surface area contributed by atoms with Gasteiger partial charge in [0.2, 0.25) is 0 Å². The van der Waals surface area contributed by atoms with Crippen molar-refractivity contribution in [2.45, 2.75) is 25.7 Å². The molecule has 0 amide bonds. The lowest BCUT2D eigenvalue weighted by Gasteiger charge is -2.07. The lowest BCUT2D eigenvalue weighted by molar-refractivity contribution is 0.584. The van der Waals surface area contributed by atoms with Gasteiger partial charge >= 0.3 is 0 Å². The number of hydrogen-bond acceptors (Lipinski definition) is 3. The van der Waals surface area contributed by atoms with Crippen LogP contribution in [-0.4, -0.2) is 0 Å². The molecular formula is C14H15NO2. The molecule has 0 unspecified atom stereocenters. The van der Waals surface area contributed by atoms with Crippen LogP contribution >= 0.6 is 0 Å². The summed E-state index contributed by atoms with van der Waals surface area (Å²) in [7, 11) is 0. The number of anilines is 1. The standard InChI is InChI=1S/C14H15NO2/c15-14-6-5-11-12(16)7-10(8-13(11)17-14)4-3-9-1-2-9/h5-9H,1-4,15H2. The third-order valence-corrected chi connectivity index (χ3v) is 3.34. The quantitative estimate of drug-likeness (QED) is 0.880. The SMILES string of the molecule is Nc1ccc2c(=O)cc(CCC3CC3)cc-2o1. The van der Waals surface area contributed by atoms with Crippen LogP contribution in [0.25, 0.3) is 11.3 Å². The molecule has 17 heavy (non-hydrogen) atoms. The van der Waals surface area contributed by atoms with Crippen molar-refractivity contribution in [1.82, 2.24) is 0 Å². The lowest BCUT2D eigenvalue weighted by atomic mass is 10.0. The highest BCUT2D eigenvalue weighted by Gasteiger charge is 2.21. The van der Waals surface area contributed by atoms with E-state index in [4.69, 9.17) is 10.2 Å². The third-order valence-electron chi connectivity index (χ3n) is 3.34. The van der Waals surface area contributed by atoms with Crippen LogP contribution in [0.1, 0.15) is 24.8 Å². The van der Waals surface area contributed by atoms with Crippen molar-refractivity contribution in [2.24, 2.45) is 5.92 Å². The molecule has 88 valence electrons. The van der Waals surface area contributed by atoms with Crippen molar-refractivity contribution in [2.75, 3.05) is 5.73 Å². The number of nitrogen functional groups attached to an aromatic ring is 1. The van der Waals surface area contributed by atoms with Crippen LogP contribution in [0.2, 0.25) is 0 Å². The number of rotatable bonds is 3. The predicted octanol–water partition coefficient (Wildman–Crippen LogP) is 2.67. The molecule has 1 aliphatic heterocycles. The molecule has 1 saturated carbocycles. The molecule has 1 fully saturated rings. The van der Waals surface area contributed by atoms with Gasteiger partial charge in [-0.25, -0.2) is 0 Å². The van der Waals surface area contributed by atoms with Crippen LogP contribution < -0.4 is 11.2 Å². The highest BCUT2D eigenvalue weighted by molar-refractivity contribution is 5.61. The van der Waals surface area contributed by atoms with Gasteiger partial charge in [-0.05, 0) is 48.6 Å². The first kappa shape index (κ1) is 10.4. The topological polar surface area (TPSA) is 56.2 Å². The van der Waals surface area contributed by atoms with Crippen molar-refractivity contribution < 1.29 is 4.42 Å². The fourth-order valence-corrected chi connectivity index (χ4v) is 2.15. The Hall–Kier alpha value is -1.77. The van der Waals surface area contributed by atoms with Crippen molar-refractivity contribution in [1.29, 1.82) is 0 Å². The summed E-state index contributed by atoms with van der Waals surface area (Å²) in [6, 6.07) is 7.00. The van der Waals surface area contributed by atoms with Crippen molar-refractivity contribution >= 4 is 5.88 Å². The van der Waals surface area contributed by atoms with Gasteiger partial charge in [0.05, 0.1) is 5.56 Å².